The summed E-state index contributed by atoms with van der Waals surface area (Å²) < 4.78 is 6.56. The summed E-state index contributed by atoms with van der Waals surface area (Å²) in [5, 5.41) is 3.19. The maximum absolute atomic E-state index is 12.1. The molecule has 0 radical (unpaired) electrons. The Kier molecular flexibility index (Phi) is 5.85. The molecule has 3 aromatic rings. The van der Waals surface area contributed by atoms with E-state index in [1.54, 1.807) is 19.2 Å². The van der Waals surface area contributed by atoms with Gasteiger partial charge >= 0.3 is 6.09 Å². The lowest BCUT2D eigenvalue weighted by molar-refractivity contribution is 0.140. The molecule has 0 saturated carbocycles. The molecule has 0 unspecified atom stereocenters. The number of rotatable bonds is 4. The van der Waals surface area contributed by atoms with Gasteiger partial charge in [-0.05, 0) is 23.8 Å². The molecule has 1 N–H and O–H groups in total. The number of nitrogens with zero attached hydrogens (tertiary/aromatic N) is 2. The third-order valence-electron chi connectivity index (χ3n) is 3.88. The highest BCUT2D eigenvalue weighted by Gasteiger charge is 2.02. The zero-order valence-corrected chi connectivity index (χ0v) is 14.9. The molecule has 1 heterocycles. The minimum atomic E-state index is -0.471. The van der Waals surface area contributed by atoms with Gasteiger partial charge in [-0.25, -0.2) is 9.78 Å². The topological polar surface area (TPSA) is 73.2 Å². The summed E-state index contributed by atoms with van der Waals surface area (Å²) in [6.45, 7) is 0.621. The number of alkyl carbamates (subject to hydrolysis) is 1. The van der Waals surface area contributed by atoms with Gasteiger partial charge in [0, 0.05) is 25.6 Å². The Labute approximate surface area is 156 Å². The summed E-state index contributed by atoms with van der Waals surface area (Å²) in [6, 6.07) is 14.8. The van der Waals surface area contributed by atoms with Crippen LogP contribution in [0, 0.1) is 11.8 Å². The summed E-state index contributed by atoms with van der Waals surface area (Å²) in [5.41, 5.74) is 2.21. The van der Waals surface area contributed by atoms with E-state index in [1.807, 2.05) is 36.4 Å². The van der Waals surface area contributed by atoms with Crippen molar-refractivity contribution in [2.45, 2.75) is 13.0 Å². The molecule has 1 aromatic heterocycles. The van der Waals surface area contributed by atoms with Gasteiger partial charge in [0.2, 0.25) is 0 Å². The fourth-order valence-corrected chi connectivity index (χ4v) is 2.45. The third-order valence-corrected chi connectivity index (χ3v) is 3.88. The molecule has 0 bridgehead atoms. The molecule has 0 aliphatic heterocycles. The quantitative estimate of drug-likeness (QED) is 0.573. The summed E-state index contributed by atoms with van der Waals surface area (Å²) in [4.78, 5) is 28.0. The van der Waals surface area contributed by atoms with Gasteiger partial charge in [0.25, 0.3) is 5.56 Å². The van der Waals surface area contributed by atoms with E-state index in [-0.39, 0.29) is 12.2 Å². The van der Waals surface area contributed by atoms with E-state index in [4.69, 9.17) is 4.74 Å². The maximum Gasteiger partial charge on any atom is 0.407 e. The predicted molar refractivity (Wildman–Crippen MR) is 103 cm³/mol. The molecular formula is C21H19N3O3. The lowest BCUT2D eigenvalue weighted by Gasteiger charge is -2.05. The highest BCUT2D eigenvalue weighted by Crippen LogP contribution is 2.08. The van der Waals surface area contributed by atoms with Gasteiger partial charge in [0.1, 0.15) is 6.61 Å². The highest BCUT2D eigenvalue weighted by molar-refractivity contribution is 5.79. The SMILES string of the molecule is Cn1cnc2ccc(C#CCCNC(=O)OCc3ccccc3)cc2c1=O. The largest absolute Gasteiger partial charge is 0.445 e. The summed E-state index contributed by atoms with van der Waals surface area (Å²) in [7, 11) is 1.66. The number of fused-ring (bicyclic) bond motifs is 1. The number of hydrogen-bond donors (Lipinski definition) is 1. The van der Waals surface area contributed by atoms with Crippen LogP contribution in [0.1, 0.15) is 17.5 Å². The first kappa shape index (κ1) is 18.2. The lowest BCUT2D eigenvalue weighted by Crippen LogP contribution is -2.24. The monoisotopic (exact) mass is 361 g/mol. The van der Waals surface area contributed by atoms with Crippen molar-refractivity contribution in [1.29, 1.82) is 0 Å². The molecule has 0 fully saturated rings. The van der Waals surface area contributed by atoms with E-state index < -0.39 is 6.09 Å². The number of benzene rings is 2. The molecule has 6 nitrogen and oxygen atoms in total. The van der Waals surface area contributed by atoms with Crippen LogP contribution in [0.2, 0.25) is 0 Å². The predicted octanol–water partition coefficient (Wildman–Crippen LogP) is 2.60. The molecule has 0 aliphatic carbocycles. The van der Waals surface area contributed by atoms with Gasteiger partial charge in [0.05, 0.1) is 17.2 Å². The Morgan fingerprint density at radius 1 is 1.22 bits per heavy atom. The second-order valence-electron chi connectivity index (χ2n) is 5.93. The number of amides is 1. The molecule has 0 spiro atoms. The van der Waals surface area contributed by atoms with Crippen molar-refractivity contribution in [3.63, 3.8) is 0 Å². The molecule has 1 amide bonds. The number of carbonyl (C=O) groups is 1. The molecule has 0 saturated heterocycles. The Hall–Kier alpha value is -3.59. The van der Waals surface area contributed by atoms with Crippen molar-refractivity contribution >= 4 is 17.0 Å². The smallest absolute Gasteiger partial charge is 0.407 e. The molecule has 6 heteroatoms. The van der Waals surface area contributed by atoms with Crippen molar-refractivity contribution in [1.82, 2.24) is 14.9 Å². The Bertz CT molecular complexity index is 1060. The van der Waals surface area contributed by atoms with Crippen LogP contribution in [-0.4, -0.2) is 22.2 Å². The van der Waals surface area contributed by atoms with E-state index >= 15 is 0 Å². The van der Waals surface area contributed by atoms with Crippen LogP contribution in [0.15, 0.2) is 59.7 Å². The summed E-state index contributed by atoms with van der Waals surface area (Å²) in [5.74, 6) is 5.98. The van der Waals surface area contributed by atoms with Gasteiger partial charge in [-0.15, -0.1) is 0 Å². The zero-order chi connectivity index (χ0) is 19.1. The van der Waals surface area contributed by atoms with Gasteiger partial charge in [-0.1, -0.05) is 42.2 Å². The minimum absolute atomic E-state index is 0.105. The first-order valence-electron chi connectivity index (χ1n) is 8.52. The fourth-order valence-electron chi connectivity index (χ4n) is 2.45. The van der Waals surface area contributed by atoms with Crippen LogP contribution in [0.25, 0.3) is 10.9 Å². The van der Waals surface area contributed by atoms with Crippen LogP contribution in [-0.2, 0) is 18.4 Å². The lowest BCUT2D eigenvalue weighted by atomic mass is 10.1. The Balaban J connectivity index is 1.49. The average molecular weight is 361 g/mol. The van der Waals surface area contributed by atoms with Crippen molar-refractivity contribution in [3.8, 4) is 11.8 Å². The molecule has 2 aromatic carbocycles. The van der Waals surface area contributed by atoms with Gasteiger partial charge in [-0.2, -0.15) is 0 Å². The number of ether oxygens (including phenoxy) is 1. The van der Waals surface area contributed by atoms with Gasteiger partial charge in [0.15, 0.2) is 0 Å². The molecule has 3 rings (SSSR count). The van der Waals surface area contributed by atoms with E-state index in [0.717, 1.165) is 11.1 Å². The fraction of sp³-hybridized carbons (Fsp3) is 0.190. The van der Waals surface area contributed by atoms with E-state index in [0.29, 0.717) is 23.9 Å². The van der Waals surface area contributed by atoms with Crippen LogP contribution in [0.3, 0.4) is 0 Å². The van der Waals surface area contributed by atoms with Crippen molar-refractivity contribution in [2.24, 2.45) is 7.05 Å². The van der Waals surface area contributed by atoms with Crippen LogP contribution < -0.4 is 10.9 Å². The van der Waals surface area contributed by atoms with Crippen LogP contribution >= 0.6 is 0 Å². The first-order chi connectivity index (χ1) is 13.1. The van der Waals surface area contributed by atoms with Crippen LogP contribution in [0.4, 0.5) is 4.79 Å². The highest BCUT2D eigenvalue weighted by atomic mass is 16.5. The van der Waals surface area contributed by atoms with E-state index in [9.17, 15) is 9.59 Å². The van der Waals surface area contributed by atoms with E-state index in [2.05, 4.69) is 22.1 Å². The van der Waals surface area contributed by atoms with Gasteiger partial charge in [-0.3, -0.25) is 4.79 Å². The summed E-state index contributed by atoms with van der Waals surface area (Å²) >= 11 is 0. The second-order valence-corrected chi connectivity index (χ2v) is 5.93. The van der Waals surface area contributed by atoms with Crippen molar-refractivity contribution in [3.05, 3.63) is 76.3 Å². The number of nitrogens with one attached hydrogen (secondary N) is 1. The zero-order valence-electron chi connectivity index (χ0n) is 14.9. The summed E-state index contributed by atoms with van der Waals surface area (Å²) in [6.07, 6.45) is 1.50. The van der Waals surface area contributed by atoms with Crippen molar-refractivity contribution in [2.75, 3.05) is 6.54 Å². The molecule has 27 heavy (non-hydrogen) atoms. The molecular weight excluding hydrogens is 342 g/mol. The normalized spacial score (nSPS) is 10.1. The van der Waals surface area contributed by atoms with Crippen LogP contribution in [0.5, 0.6) is 0 Å². The number of aryl methyl sites for hydroxylation is 1. The number of hydrogen-bond acceptors (Lipinski definition) is 4. The standard InChI is InChI=1S/C21H19N3O3/c1-24-15-23-19-11-10-16(13-18(19)20(24)25)7-5-6-12-22-21(26)27-14-17-8-3-2-4-9-17/h2-4,8-11,13,15H,6,12,14H2,1H3,(H,22,26). The first-order valence-corrected chi connectivity index (χ1v) is 8.52. The Morgan fingerprint density at radius 2 is 2.04 bits per heavy atom. The second kappa shape index (κ2) is 8.68. The molecule has 136 valence electrons. The third kappa shape index (κ3) is 4.95. The maximum atomic E-state index is 12.1. The number of carbonyl (C=O) groups excluding carboxylic acids is 1. The average Bonchev–Trinajstić information content (AvgIpc) is 2.70. The van der Waals surface area contributed by atoms with E-state index in [1.165, 1.54) is 10.9 Å². The molecule has 0 aliphatic rings. The molecule has 0 atom stereocenters. The minimum Gasteiger partial charge on any atom is -0.445 e. The Morgan fingerprint density at radius 3 is 2.85 bits per heavy atom. The van der Waals surface area contributed by atoms with Crippen molar-refractivity contribution < 1.29 is 9.53 Å². The van der Waals surface area contributed by atoms with Gasteiger partial charge < -0.3 is 14.6 Å². The number of aromatic nitrogens is 2.